The van der Waals surface area contributed by atoms with Gasteiger partial charge in [0.2, 0.25) is 15.9 Å². The molecule has 1 N–H and O–H groups in total. The summed E-state index contributed by atoms with van der Waals surface area (Å²) in [6, 6.07) is 10.3. The Morgan fingerprint density at radius 2 is 1.92 bits per heavy atom. The van der Waals surface area contributed by atoms with Gasteiger partial charge in [0.1, 0.15) is 17.5 Å². The number of hydrogen-bond acceptors (Lipinski definition) is 5. The number of nitrogens with zero attached hydrogens (tertiary/aromatic N) is 4. The van der Waals surface area contributed by atoms with Gasteiger partial charge in [0.05, 0.1) is 11.1 Å². The van der Waals surface area contributed by atoms with Gasteiger partial charge in [0.25, 0.3) is 0 Å². The molecule has 0 radical (unpaired) electrons. The molecule has 0 bridgehead atoms. The van der Waals surface area contributed by atoms with Crippen LogP contribution in [0.15, 0.2) is 41.4 Å². The number of amides is 1. The van der Waals surface area contributed by atoms with Crippen molar-refractivity contribution in [2.45, 2.75) is 17.7 Å². The van der Waals surface area contributed by atoms with Crippen molar-refractivity contribution in [1.29, 1.82) is 5.26 Å². The molecule has 9 heteroatoms. The average molecular weight is 373 g/mol. The van der Waals surface area contributed by atoms with E-state index in [1.807, 2.05) is 6.07 Å². The summed E-state index contributed by atoms with van der Waals surface area (Å²) in [7, 11) is -1.89. The van der Waals surface area contributed by atoms with Crippen molar-refractivity contribution in [1.82, 2.24) is 14.1 Å². The van der Waals surface area contributed by atoms with Crippen LogP contribution >= 0.6 is 0 Å². The SMILES string of the molecule is Cn1ncc(C#N)c1NC(=O)C1CCN(S(=O)(=O)c2ccccc2)CC1. The maximum atomic E-state index is 12.6. The van der Waals surface area contributed by atoms with Crippen LogP contribution in [0, 0.1) is 17.2 Å². The fourth-order valence-corrected chi connectivity index (χ4v) is 4.48. The van der Waals surface area contributed by atoms with E-state index in [-0.39, 0.29) is 29.8 Å². The Bertz CT molecular complexity index is 939. The Morgan fingerprint density at radius 3 is 2.54 bits per heavy atom. The molecule has 2 aromatic rings. The molecule has 0 saturated carbocycles. The van der Waals surface area contributed by atoms with Gasteiger partial charge in [-0.15, -0.1) is 0 Å². The summed E-state index contributed by atoms with van der Waals surface area (Å²) in [4.78, 5) is 12.7. The normalized spacial score (nSPS) is 16.2. The molecule has 0 spiro atoms. The third-order valence-corrected chi connectivity index (χ3v) is 6.42. The summed E-state index contributed by atoms with van der Waals surface area (Å²) < 4.78 is 28.1. The molecule has 1 fully saturated rings. The maximum absolute atomic E-state index is 12.6. The van der Waals surface area contributed by atoms with Gasteiger partial charge < -0.3 is 5.32 Å². The number of anilines is 1. The van der Waals surface area contributed by atoms with Gasteiger partial charge in [-0.05, 0) is 25.0 Å². The highest BCUT2D eigenvalue weighted by atomic mass is 32.2. The number of carbonyl (C=O) groups is 1. The van der Waals surface area contributed by atoms with Crippen LogP contribution in [0.3, 0.4) is 0 Å². The van der Waals surface area contributed by atoms with Crippen LogP contribution in [-0.4, -0.2) is 41.5 Å². The molecule has 26 heavy (non-hydrogen) atoms. The highest BCUT2D eigenvalue weighted by Crippen LogP contribution is 2.25. The first-order valence-corrected chi connectivity index (χ1v) is 9.65. The van der Waals surface area contributed by atoms with Crippen LogP contribution in [0.5, 0.6) is 0 Å². The second-order valence-electron chi connectivity index (χ2n) is 6.12. The van der Waals surface area contributed by atoms with Crippen molar-refractivity contribution in [2.75, 3.05) is 18.4 Å². The van der Waals surface area contributed by atoms with Crippen molar-refractivity contribution in [3.63, 3.8) is 0 Å². The second kappa shape index (κ2) is 7.27. The summed E-state index contributed by atoms with van der Waals surface area (Å²) in [5.41, 5.74) is 0.296. The van der Waals surface area contributed by atoms with Gasteiger partial charge in [-0.1, -0.05) is 18.2 Å². The monoisotopic (exact) mass is 373 g/mol. The zero-order chi connectivity index (χ0) is 18.7. The van der Waals surface area contributed by atoms with Gasteiger partial charge >= 0.3 is 0 Å². The molecule has 2 heterocycles. The van der Waals surface area contributed by atoms with E-state index >= 15 is 0 Å². The summed E-state index contributed by atoms with van der Waals surface area (Å²) in [6.07, 6.45) is 2.25. The van der Waals surface area contributed by atoms with Crippen LogP contribution in [0.4, 0.5) is 5.82 Å². The predicted octanol–water partition coefficient (Wildman–Crippen LogP) is 1.33. The fourth-order valence-electron chi connectivity index (χ4n) is 2.99. The van der Waals surface area contributed by atoms with Crippen molar-refractivity contribution in [3.8, 4) is 6.07 Å². The first kappa shape index (κ1) is 18.1. The molecule has 1 aromatic heterocycles. The summed E-state index contributed by atoms with van der Waals surface area (Å²) >= 11 is 0. The molecule has 3 rings (SSSR count). The number of rotatable bonds is 4. The average Bonchev–Trinajstić information content (AvgIpc) is 3.02. The minimum absolute atomic E-state index is 0.221. The third-order valence-electron chi connectivity index (χ3n) is 4.51. The van der Waals surface area contributed by atoms with Crippen molar-refractivity contribution >= 4 is 21.7 Å². The van der Waals surface area contributed by atoms with Crippen LogP contribution in [0.25, 0.3) is 0 Å². The molecular formula is C17H19N5O3S. The number of nitrogens with one attached hydrogen (secondary N) is 1. The lowest BCUT2D eigenvalue weighted by atomic mass is 9.97. The Labute approximate surface area is 152 Å². The van der Waals surface area contributed by atoms with Crippen molar-refractivity contribution in [2.24, 2.45) is 13.0 Å². The predicted molar refractivity (Wildman–Crippen MR) is 94.5 cm³/mol. The second-order valence-corrected chi connectivity index (χ2v) is 8.06. The number of piperidine rings is 1. The summed E-state index contributed by atoms with van der Waals surface area (Å²) in [5, 5.41) is 15.8. The zero-order valence-electron chi connectivity index (χ0n) is 14.3. The maximum Gasteiger partial charge on any atom is 0.243 e. The van der Waals surface area contributed by atoms with Crippen LogP contribution in [-0.2, 0) is 21.9 Å². The van der Waals surface area contributed by atoms with Crippen LogP contribution in [0.1, 0.15) is 18.4 Å². The first-order chi connectivity index (χ1) is 12.4. The number of aryl methyl sites for hydroxylation is 1. The Kier molecular flexibility index (Phi) is 5.06. The molecule has 0 unspecified atom stereocenters. The largest absolute Gasteiger partial charge is 0.310 e. The highest BCUT2D eigenvalue weighted by molar-refractivity contribution is 7.89. The minimum atomic E-state index is -3.53. The third kappa shape index (κ3) is 3.47. The molecule has 136 valence electrons. The van der Waals surface area contributed by atoms with E-state index < -0.39 is 10.0 Å². The van der Waals surface area contributed by atoms with Crippen molar-refractivity contribution in [3.05, 3.63) is 42.1 Å². The molecule has 1 saturated heterocycles. The number of aromatic nitrogens is 2. The standard InChI is InChI=1S/C17H19N5O3S/c1-21-16(14(11-18)12-19-21)20-17(23)13-7-9-22(10-8-13)26(24,25)15-5-3-2-4-6-15/h2-6,12-13H,7-10H2,1H3,(H,20,23). The molecule has 8 nitrogen and oxygen atoms in total. The Hall–Kier alpha value is -2.70. The van der Waals surface area contributed by atoms with E-state index in [1.54, 1.807) is 37.4 Å². The van der Waals surface area contributed by atoms with E-state index in [4.69, 9.17) is 5.26 Å². The lowest BCUT2D eigenvalue weighted by molar-refractivity contribution is -0.121. The quantitative estimate of drug-likeness (QED) is 0.870. The summed E-state index contributed by atoms with van der Waals surface area (Å²) in [5.74, 6) is -0.169. The van der Waals surface area contributed by atoms with Gasteiger partial charge in [0.15, 0.2) is 0 Å². The van der Waals surface area contributed by atoms with Gasteiger partial charge in [-0.2, -0.15) is 14.7 Å². The van der Waals surface area contributed by atoms with Gasteiger partial charge in [-0.25, -0.2) is 8.42 Å². The van der Waals surface area contributed by atoms with E-state index in [9.17, 15) is 13.2 Å². The Morgan fingerprint density at radius 1 is 1.27 bits per heavy atom. The smallest absolute Gasteiger partial charge is 0.243 e. The number of sulfonamides is 1. The lowest BCUT2D eigenvalue weighted by Gasteiger charge is -2.30. The van der Waals surface area contributed by atoms with Crippen LogP contribution < -0.4 is 5.32 Å². The van der Waals surface area contributed by atoms with Crippen molar-refractivity contribution < 1.29 is 13.2 Å². The first-order valence-electron chi connectivity index (χ1n) is 8.21. The summed E-state index contributed by atoms with van der Waals surface area (Å²) in [6.45, 7) is 0.567. The minimum Gasteiger partial charge on any atom is -0.310 e. The van der Waals surface area contributed by atoms with Gasteiger partial charge in [0, 0.05) is 26.1 Å². The topological polar surface area (TPSA) is 108 Å². The lowest BCUT2D eigenvalue weighted by Crippen LogP contribution is -2.41. The number of benzene rings is 1. The molecule has 0 aliphatic carbocycles. The van der Waals surface area contributed by atoms with E-state index in [2.05, 4.69) is 10.4 Å². The molecule has 1 aromatic carbocycles. The number of carbonyl (C=O) groups excluding carboxylic acids is 1. The highest BCUT2D eigenvalue weighted by Gasteiger charge is 2.32. The molecule has 1 amide bonds. The van der Waals surface area contributed by atoms with E-state index in [0.29, 0.717) is 24.2 Å². The van der Waals surface area contributed by atoms with E-state index in [0.717, 1.165) is 0 Å². The molecule has 1 aliphatic rings. The molecule has 1 aliphatic heterocycles. The zero-order valence-corrected chi connectivity index (χ0v) is 15.1. The molecular weight excluding hydrogens is 354 g/mol. The molecule has 0 atom stereocenters. The number of hydrogen-bond donors (Lipinski definition) is 1. The number of nitriles is 1. The van der Waals surface area contributed by atoms with E-state index in [1.165, 1.54) is 15.2 Å². The van der Waals surface area contributed by atoms with Gasteiger partial charge in [-0.3, -0.25) is 9.48 Å². The fraction of sp³-hybridized carbons (Fsp3) is 0.353. The van der Waals surface area contributed by atoms with Crippen LogP contribution in [0.2, 0.25) is 0 Å². The Balaban J connectivity index is 1.64.